The molecule has 1 aliphatic heterocycles. The number of aromatic amines is 1. The molecule has 0 saturated heterocycles. The van der Waals surface area contributed by atoms with Gasteiger partial charge in [0.2, 0.25) is 5.91 Å². The predicted molar refractivity (Wildman–Crippen MR) is 124 cm³/mol. The molecule has 3 aromatic rings. The highest BCUT2D eigenvalue weighted by molar-refractivity contribution is 7.71. The van der Waals surface area contributed by atoms with Gasteiger partial charge in [-0.2, -0.15) is 5.10 Å². The van der Waals surface area contributed by atoms with E-state index in [4.69, 9.17) is 17.0 Å². The van der Waals surface area contributed by atoms with Crippen molar-refractivity contribution in [2.45, 2.75) is 26.5 Å². The Labute approximate surface area is 187 Å². The number of carbonyl (C=O) groups excluding carboxylic acids is 1. The van der Waals surface area contributed by atoms with E-state index in [1.54, 1.807) is 16.5 Å². The molecule has 1 N–H and O–H groups in total. The van der Waals surface area contributed by atoms with Crippen LogP contribution in [0.4, 0.5) is 5.69 Å². The highest BCUT2D eigenvalue weighted by Gasteiger charge is 2.27. The minimum absolute atomic E-state index is 0.0450. The highest BCUT2D eigenvalue weighted by atomic mass is 32.1. The molecular weight excluding hydrogens is 410 g/mol. The molecule has 0 aliphatic carbocycles. The van der Waals surface area contributed by atoms with Crippen molar-refractivity contribution in [1.29, 1.82) is 0 Å². The Kier molecular flexibility index (Phi) is 6.08. The monoisotopic (exact) mass is 437 g/mol. The Bertz CT molecular complexity index is 1120. The van der Waals surface area contributed by atoms with E-state index in [2.05, 4.69) is 28.1 Å². The summed E-state index contributed by atoms with van der Waals surface area (Å²) < 4.78 is 8.34. The third-order valence-electron chi connectivity index (χ3n) is 5.57. The van der Waals surface area contributed by atoms with Crippen molar-refractivity contribution in [3.8, 4) is 17.1 Å². The first kappa shape index (κ1) is 21.1. The van der Waals surface area contributed by atoms with Crippen LogP contribution >= 0.6 is 12.2 Å². The first-order chi connectivity index (χ1) is 15.0. The molecule has 4 rings (SSSR count). The van der Waals surface area contributed by atoms with Crippen molar-refractivity contribution in [1.82, 2.24) is 19.7 Å². The van der Waals surface area contributed by atoms with Crippen molar-refractivity contribution >= 4 is 23.8 Å². The summed E-state index contributed by atoms with van der Waals surface area (Å²) in [6, 6.07) is 16.0. The van der Waals surface area contributed by atoms with E-state index >= 15 is 0 Å². The van der Waals surface area contributed by atoms with Crippen LogP contribution in [0, 0.1) is 11.7 Å². The number of likely N-dealkylation sites (N-methyl/N-ethyl adjacent to an activating group) is 2. The zero-order chi connectivity index (χ0) is 22.0. The van der Waals surface area contributed by atoms with Gasteiger partial charge in [-0.25, -0.2) is 0 Å². The smallest absolute Gasteiger partial charge is 0.242 e. The number of nitrogens with one attached hydrogen (secondary N) is 1. The first-order valence-corrected chi connectivity index (χ1v) is 10.8. The van der Waals surface area contributed by atoms with E-state index in [0.29, 0.717) is 17.1 Å². The van der Waals surface area contributed by atoms with Crippen LogP contribution in [0.2, 0.25) is 0 Å². The molecule has 2 aromatic carbocycles. The van der Waals surface area contributed by atoms with Crippen molar-refractivity contribution in [3.63, 3.8) is 0 Å². The van der Waals surface area contributed by atoms with E-state index in [1.807, 2.05) is 49.4 Å². The fourth-order valence-corrected chi connectivity index (χ4v) is 4.02. The average molecular weight is 438 g/mol. The van der Waals surface area contributed by atoms with Crippen LogP contribution in [0.25, 0.3) is 11.4 Å². The lowest BCUT2D eigenvalue weighted by atomic mass is 10.1. The summed E-state index contributed by atoms with van der Waals surface area (Å²) in [5, 5.41) is 7.15. The molecule has 0 radical (unpaired) electrons. The molecule has 0 fully saturated rings. The van der Waals surface area contributed by atoms with Gasteiger partial charge in [-0.3, -0.25) is 14.5 Å². The lowest BCUT2D eigenvalue weighted by Crippen LogP contribution is -2.47. The van der Waals surface area contributed by atoms with E-state index in [9.17, 15) is 4.79 Å². The number of hydrogen-bond donors (Lipinski definition) is 1. The summed E-state index contributed by atoms with van der Waals surface area (Å²) in [5.41, 5.74) is 3.18. The van der Waals surface area contributed by atoms with E-state index < -0.39 is 0 Å². The number of nitrogens with zero attached hydrogens (tertiary/aromatic N) is 4. The zero-order valence-corrected chi connectivity index (χ0v) is 18.9. The summed E-state index contributed by atoms with van der Waals surface area (Å²) in [4.78, 5) is 17.0. The molecular formula is C23H27N5O2S. The van der Waals surface area contributed by atoms with Gasteiger partial charge in [0.15, 0.2) is 10.6 Å². The fourth-order valence-electron chi connectivity index (χ4n) is 3.82. The maximum atomic E-state index is 13.0. The molecule has 2 heterocycles. The van der Waals surface area contributed by atoms with Gasteiger partial charge in [0.25, 0.3) is 0 Å². The number of carbonyl (C=O) groups is 1. The lowest BCUT2D eigenvalue weighted by Gasteiger charge is -2.37. The topological polar surface area (TPSA) is 66.4 Å². The number of ether oxygens (including phenoxy) is 1. The molecule has 1 aliphatic rings. The summed E-state index contributed by atoms with van der Waals surface area (Å²) in [6.45, 7) is 6.40. The molecule has 162 valence electrons. The molecule has 7 nitrogen and oxygen atoms in total. The molecule has 1 atom stereocenters. The molecule has 1 aromatic heterocycles. The van der Waals surface area contributed by atoms with Gasteiger partial charge in [0.05, 0.1) is 18.8 Å². The third kappa shape index (κ3) is 4.49. The van der Waals surface area contributed by atoms with Crippen molar-refractivity contribution in [3.05, 3.63) is 58.9 Å². The van der Waals surface area contributed by atoms with Gasteiger partial charge < -0.3 is 14.5 Å². The maximum absolute atomic E-state index is 13.0. The van der Waals surface area contributed by atoms with Gasteiger partial charge >= 0.3 is 0 Å². The number of aromatic nitrogens is 3. The SMILES string of the molecule is CCN1CC(CN(C)C(=O)Cn2c(-c3ccc(C)cc3)n[nH]c2=S)Oc2ccccc21. The second-order valence-electron chi connectivity index (χ2n) is 7.83. The number of benzene rings is 2. The number of anilines is 1. The number of fused-ring (bicyclic) bond motifs is 1. The second kappa shape index (κ2) is 8.93. The second-order valence-corrected chi connectivity index (χ2v) is 8.21. The van der Waals surface area contributed by atoms with Crippen LogP contribution in [0.1, 0.15) is 12.5 Å². The molecule has 31 heavy (non-hydrogen) atoms. The van der Waals surface area contributed by atoms with Gasteiger partial charge in [0.1, 0.15) is 18.4 Å². The maximum Gasteiger partial charge on any atom is 0.242 e. The Balaban J connectivity index is 1.46. The van der Waals surface area contributed by atoms with Gasteiger partial charge in [-0.15, -0.1) is 0 Å². The Morgan fingerprint density at radius 2 is 2.00 bits per heavy atom. The van der Waals surface area contributed by atoms with Crippen LogP contribution in [0.3, 0.4) is 0 Å². The Morgan fingerprint density at radius 1 is 1.26 bits per heavy atom. The zero-order valence-electron chi connectivity index (χ0n) is 18.0. The lowest BCUT2D eigenvalue weighted by molar-refractivity contribution is -0.131. The predicted octanol–water partition coefficient (Wildman–Crippen LogP) is 3.66. The largest absolute Gasteiger partial charge is 0.485 e. The normalized spacial score (nSPS) is 15.3. The number of para-hydroxylation sites is 2. The van der Waals surface area contributed by atoms with Gasteiger partial charge in [0, 0.05) is 19.2 Å². The Morgan fingerprint density at radius 3 is 2.74 bits per heavy atom. The fraction of sp³-hybridized carbons (Fsp3) is 0.348. The van der Waals surface area contributed by atoms with Crippen LogP contribution in [0.5, 0.6) is 5.75 Å². The number of H-pyrrole nitrogens is 1. The minimum Gasteiger partial charge on any atom is -0.485 e. The van der Waals surface area contributed by atoms with E-state index in [1.165, 1.54) is 0 Å². The minimum atomic E-state index is -0.0994. The van der Waals surface area contributed by atoms with Crippen LogP contribution < -0.4 is 9.64 Å². The van der Waals surface area contributed by atoms with Crippen LogP contribution in [0.15, 0.2) is 48.5 Å². The van der Waals surface area contributed by atoms with Crippen molar-refractivity contribution in [2.75, 3.05) is 31.6 Å². The number of hydrogen-bond acceptors (Lipinski definition) is 5. The summed E-state index contributed by atoms with van der Waals surface area (Å²) >= 11 is 5.38. The first-order valence-electron chi connectivity index (χ1n) is 10.4. The van der Waals surface area contributed by atoms with Crippen molar-refractivity contribution in [2.24, 2.45) is 0 Å². The molecule has 8 heteroatoms. The molecule has 1 unspecified atom stereocenters. The molecule has 0 saturated carbocycles. The van der Waals surface area contributed by atoms with Gasteiger partial charge in [-0.05, 0) is 38.2 Å². The summed E-state index contributed by atoms with van der Waals surface area (Å²) in [5.74, 6) is 1.48. The molecule has 0 spiro atoms. The molecule has 1 amide bonds. The number of aryl methyl sites for hydroxylation is 1. The quantitative estimate of drug-likeness (QED) is 0.596. The standard InChI is InChI=1S/C23H27N5O2S/c1-4-27-14-18(30-20-8-6-5-7-19(20)27)13-26(3)21(29)15-28-22(24-25-23(28)31)17-11-9-16(2)10-12-17/h5-12,18H,4,13-15H2,1-3H3,(H,25,31). The van der Waals surface area contributed by atoms with E-state index in [-0.39, 0.29) is 18.6 Å². The summed E-state index contributed by atoms with van der Waals surface area (Å²) in [7, 11) is 1.80. The van der Waals surface area contributed by atoms with Crippen LogP contribution in [-0.4, -0.2) is 58.4 Å². The highest BCUT2D eigenvalue weighted by Crippen LogP contribution is 2.32. The number of rotatable bonds is 6. The summed E-state index contributed by atoms with van der Waals surface area (Å²) in [6.07, 6.45) is -0.0994. The number of amides is 1. The van der Waals surface area contributed by atoms with E-state index in [0.717, 1.165) is 35.7 Å². The van der Waals surface area contributed by atoms with Crippen LogP contribution in [-0.2, 0) is 11.3 Å². The molecule has 0 bridgehead atoms. The third-order valence-corrected chi connectivity index (χ3v) is 5.88. The Hall–Kier alpha value is -3.13. The van der Waals surface area contributed by atoms with Gasteiger partial charge in [-0.1, -0.05) is 42.0 Å². The van der Waals surface area contributed by atoms with Crippen molar-refractivity contribution < 1.29 is 9.53 Å². The average Bonchev–Trinajstić information content (AvgIpc) is 3.13.